The highest BCUT2D eigenvalue weighted by Gasteiger charge is 2.39. The van der Waals surface area contributed by atoms with Crippen molar-refractivity contribution in [3.8, 4) is 6.07 Å². The van der Waals surface area contributed by atoms with Crippen LogP contribution in [0.3, 0.4) is 0 Å². The van der Waals surface area contributed by atoms with Crippen LogP contribution in [0.5, 0.6) is 0 Å². The lowest BCUT2D eigenvalue weighted by Crippen LogP contribution is -2.50. The maximum Gasteiger partial charge on any atom is 0.402 e. The maximum absolute atomic E-state index is 12.7. The fraction of sp³-hybridized carbons (Fsp3) is 0.571. The SMILES string of the molecule is CS(=O)(=O)N(CC(F)(F)F)C1CCN(c2ncccc2C#N)CC1. The molecule has 2 heterocycles. The average molecular weight is 362 g/mol. The largest absolute Gasteiger partial charge is 0.402 e. The molecule has 1 aromatic rings. The number of nitriles is 1. The molecule has 1 fully saturated rings. The van der Waals surface area contributed by atoms with Crippen LogP contribution in [0.2, 0.25) is 0 Å². The molecular weight excluding hydrogens is 345 g/mol. The van der Waals surface area contributed by atoms with Gasteiger partial charge in [-0.3, -0.25) is 0 Å². The average Bonchev–Trinajstić information content (AvgIpc) is 2.51. The number of anilines is 1. The molecule has 0 spiro atoms. The predicted molar refractivity (Wildman–Crippen MR) is 81.8 cm³/mol. The third-order valence-corrected chi connectivity index (χ3v) is 5.12. The molecule has 10 heteroatoms. The Hall–Kier alpha value is -1.86. The van der Waals surface area contributed by atoms with Crippen molar-refractivity contribution in [2.75, 3.05) is 30.8 Å². The Morgan fingerprint density at radius 1 is 1.42 bits per heavy atom. The van der Waals surface area contributed by atoms with E-state index in [4.69, 9.17) is 5.26 Å². The molecule has 1 saturated heterocycles. The van der Waals surface area contributed by atoms with Gasteiger partial charge in [-0.2, -0.15) is 22.7 Å². The number of piperidine rings is 1. The molecule has 0 aliphatic carbocycles. The number of nitrogens with zero attached hydrogens (tertiary/aromatic N) is 4. The normalized spacial score (nSPS) is 17.1. The maximum atomic E-state index is 12.7. The van der Waals surface area contributed by atoms with E-state index in [1.807, 2.05) is 6.07 Å². The zero-order valence-electron chi connectivity index (χ0n) is 13.0. The van der Waals surface area contributed by atoms with Gasteiger partial charge in [-0.1, -0.05) is 0 Å². The van der Waals surface area contributed by atoms with Crippen LogP contribution in [0.4, 0.5) is 19.0 Å². The van der Waals surface area contributed by atoms with Gasteiger partial charge in [0.15, 0.2) is 0 Å². The quantitative estimate of drug-likeness (QED) is 0.815. The summed E-state index contributed by atoms with van der Waals surface area (Å²) < 4.78 is 62.0. The molecule has 1 aromatic heterocycles. The number of halogens is 3. The second-order valence-corrected chi connectivity index (χ2v) is 7.56. The van der Waals surface area contributed by atoms with Crippen molar-refractivity contribution in [1.82, 2.24) is 9.29 Å². The first-order valence-electron chi connectivity index (χ1n) is 7.25. The van der Waals surface area contributed by atoms with Crippen LogP contribution in [0, 0.1) is 11.3 Å². The minimum Gasteiger partial charge on any atom is -0.355 e. The van der Waals surface area contributed by atoms with Gasteiger partial charge in [-0.05, 0) is 25.0 Å². The van der Waals surface area contributed by atoms with Gasteiger partial charge in [-0.25, -0.2) is 13.4 Å². The molecule has 132 valence electrons. The van der Waals surface area contributed by atoms with E-state index in [9.17, 15) is 21.6 Å². The minimum atomic E-state index is -4.59. The number of sulfonamides is 1. The lowest BCUT2D eigenvalue weighted by Gasteiger charge is -2.38. The van der Waals surface area contributed by atoms with E-state index in [2.05, 4.69) is 4.98 Å². The molecule has 1 aliphatic heterocycles. The number of hydrogen-bond acceptors (Lipinski definition) is 5. The van der Waals surface area contributed by atoms with Crippen molar-refractivity contribution in [1.29, 1.82) is 5.26 Å². The zero-order valence-corrected chi connectivity index (χ0v) is 13.8. The van der Waals surface area contributed by atoms with Crippen LogP contribution in [0.1, 0.15) is 18.4 Å². The summed E-state index contributed by atoms with van der Waals surface area (Å²) >= 11 is 0. The van der Waals surface area contributed by atoms with Gasteiger partial charge in [0, 0.05) is 25.3 Å². The van der Waals surface area contributed by atoms with Crippen molar-refractivity contribution in [3.05, 3.63) is 23.9 Å². The summed E-state index contributed by atoms with van der Waals surface area (Å²) in [7, 11) is -3.97. The number of aromatic nitrogens is 1. The molecule has 0 aromatic carbocycles. The van der Waals surface area contributed by atoms with E-state index < -0.39 is 28.8 Å². The lowest BCUT2D eigenvalue weighted by atomic mass is 10.0. The molecule has 0 saturated carbocycles. The molecule has 0 amide bonds. The van der Waals surface area contributed by atoms with Gasteiger partial charge < -0.3 is 4.90 Å². The number of hydrogen-bond donors (Lipinski definition) is 0. The predicted octanol–water partition coefficient (Wildman–Crippen LogP) is 1.75. The molecule has 0 atom stereocenters. The van der Waals surface area contributed by atoms with E-state index >= 15 is 0 Å². The Bertz CT molecular complexity index is 722. The Kier molecular flexibility index (Phi) is 5.35. The molecule has 2 rings (SSSR count). The highest BCUT2D eigenvalue weighted by Crippen LogP contribution is 2.27. The van der Waals surface area contributed by atoms with Gasteiger partial charge in [0.25, 0.3) is 0 Å². The Balaban J connectivity index is 2.12. The zero-order chi connectivity index (χ0) is 18.0. The van der Waals surface area contributed by atoms with E-state index in [0.29, 0.717) is 28.8 Å². The van der Waals surface area contributed by atoms with Gasteiger partial charge in [-0.15, -0.1) is 0 Å². The molecule has 0 unspecified atom stereocenters. The summed E-state index contributed by atoms with van der Waals surface area (Å²) in [6.45, 7) is -0.815. The van der Waals surface area contributed by atoms with Crippen LogP contribution in [0.15, 0.2) is 18.3 Å². The molecular formula is C14H17F3N4O2S. The van der Waals surface area contributed by atoms with Gasteiger partial charge in [0.05, 0.1) is 11.8 Å². The lowest BCUT2D eigenvalue weighted by molar-refractivity contribution is -0.139. The monoisotopic (exact) mass is 362 g/mol. The summed E-state index contributed by atoms with van der Waals surface area (Å²) in [4.78, 5) is 5.94. The van der Waals surface area contributed by atoms with Crippen LogP contribution in [-0.4, -0.2) is 55.8 Å². The van der Waals surface area contributed by atoms with Crippen molar-refractivity contribution in [2.45, 2.75) is 25.1 Å². The third-order valence-electron chi connectivity index (χ3n) is 3.84. The van der Waals surface area contributed by atoms with Crippen molar-refractivity contribution >= 4 is 15.8 Å². The highest BCUT2D eigenvalue weighted by atomic mass is 32.2. The van der Waals surface area contributed by atoms with E-state index in [1.54, 1.807) is 17.0 Å². The van der Waals surface area contributed by atoms with Gasteiger partial charge >= 0.3 is 6.18 Å². The molecule has 0 N–H and O–H groups in total. The fourth-order valence-electron chi connectivity index (χ4n) is 2.80. The second-order valence-electron chi connectivity index (χ2n) is 5.63. The topological polar surface area (TPSA) is 77.3 Å². The van der Waals surface area contributed by atoms with Gasteiger partial charge in [0.1, 0.15) is 18.4 Å². The summed E-state index contributed by atoms with van der Waals surface area (Å²) in [5.74, 6) is 0.472. The van der Waals surface area contributed by atoms with Crippen LogP contribution < -0.4 is 4.90 Å². The number of pyridine rings is 1. The fourth-order valence-corrected chi connectivity index (χ4v) is 3.93. The Morgan fingerprint density at radius 3 is 2.54 bits per heavy atom. The van der Waals surface area contributed by atoms with Crippen molar-refractivity contribution in [2.24, 2.45) is 0 Å². The second kappa shape index (κ2) is 6.94. The summed E-state index contributed by atoms with van der Waals surface area (Å²) in [6, 6.07) is 4.55. The first-order valence-corrected chi connectivity index (χ1v) is 9.10. The first-order chi connectivity index (χ1) is 11.1. The molecule has 0 radical (unpaired) electrons. The van der Waals surface area contributed by atoms with E-state index in [-0.39, 0.29) is 12.8 Å². The minimum absolute atomic E-state index is 0.241. The first kappa shape index (κ1) is 18.5. The summed E-state index contributed by atoms with van der Waals surface area (Å²) in [5.41, 5.74) is 0.381. The number of rotatable bonds is 4. The van der Waals surface area contributed by atoms with Gasteiger partial charge in [0.2, 0.25) is 10.0 Å². The molecule has 1 aliphatic rings. The summed E-state index contributed by atoms with van der Waals surface area (Å²) in [5, 5.41) is 9.09. The Morgan fingerprint density at radius 2 is 2.04 bits per heavy atom. The summed E-state index contributed by atoms with van der Waals surface area (Å²) in [6.07, 6.45) is -1.78. The highest BCUT2D eigenvalue weighted by molar-refractivity contribution is 7.88. The van der Waals surface area contributed by atoms with Crippen molar-refractivity contribution < 1.29 is 21.6 Å². The third kappa shape index (κ3) is 4.58. The standard InChI is InChI=1S/C14H17F3N4O2S/c1-24(22,23)21(10-14(15,16)17)12-4-7-20(8-5-12)13-11(9-18)3-2-6-19-13/h2-3,6,12H,4-5,7-8,10H2,1H3. The molecule has 6 nitrogen and oxygen atoms in total. The molecule has 24 heavy (non-hydrogen) atoms. The van der Waals surface area contributed by atoms with Crippen LogP contribution in [-0.2, 0) is 10.0 Å². The van der Waals surface area contributed by atoms with Crippen LogP contribution >= 0.6 is 0 Å². The van der Waals surface area contributed by atoms with Crippen molar-refractivity contribution in [3.63, 3.8) is 0 Å². The van der Waals surface area contributed by atoms with E-state index in [1.165, 1.54) is 6.20 Å². The smallest absolute Gasteiger partial charge is 0.355 e. The van der Waals surface area contributed by atoms with E-state index in [0.717, 1.165) is 6.26 Å². The number of alkyl halides is 3. The van der Waals surface area contributed by atoms with Crippen LogP contribution in [0.25, 0.3) is 0 Å². The molecule has 0 bridgehead atoms. The Labute approximate surface area is 138 Å².